The van der Waals surface area contributed by atoms with Gasteiger partial charge in [-0.15, -0.1) is 0 Å². The first-order chi connectivity index (χ1) is 8.80. The summed E-state index contributed by atoms with van der Waals surface area (Å²) in [5.41, 5.74) is 9.52. The lowest BCUT2D eigenvalue weighted by molar-refractivity contribution is 0.112. The monoisotopic (exact) mass is 287 g/mol. The summed E-state index contributed by atoms with van der Waals surface area (Å²) in [7, 11) is -5.19. The van der Waals surface area contributed by atoms with Gasteiger partial charge in [-0.05, 0) is 36.6 Å². The third kappa shape index (κ3) is 3.67. The number of halogens is 1. The van der Waals surface area contributed by atoms with Crippen molar-refractivity contribution in [1.82, 2.24) is 0 Å². The molecular weight excluding hydrogens is 277 g/mol. The van der Waals surface area contributed by atoms with Gasteiger partial charge < -0.3 is 4.18 Å². The molecule has 1 rings (SSSR count). The molecule has 0 fully saturated rings. The van der Waals surface area contributed by atoms with Crippen LogP contribution in [-0.2, 0) is 17.0 Å². The van der Waals surface area contributed by atoms with Gasteiger partial charge in [-0.3, -0.25) is 4.79 Å². The summed E-state index contributed by atoms with van der Waals surface area (Å²) in [4.78, 5) is 13.5. The molecule has 0 spiro atoms. The molecule has 7 nitrogen and oxygen atoms in total. The quantitative estimate of drug-likeness (QED) is 0.272. The molecule has 0 bridgehead atoms. The fourth-order valence-corrected chi connectivity index (χ4v) is 1.99. The van der Waals surface area contributed by atoms with Crippen LogP contribution < -0.4 is 4.18 Å². The average Bonchev–Trinajstić information content (AvgIpc) is 2.30. The summed E-state index contributed by atoms with van der Waals surface area (Å²) < 4.78 is 37.7. The number of nitrogens with zero attached hydrogens (tertiary/aromatic N) is 3. The predicted octanol–water partition coefficient (Wildman–Crippen LogP) is 2.52. The van der Waals surface area contributed by atoms with Gasteiger partial charge in [0.15, 0.2) is 6.29 Å². The van der Waals surface area contributed by atoms with Crippen LogP contribution in [0.15, 0.2) is 11.2 Å². The number of azide groups is 1. The smallest absolute Gasteiger partial charge is 0.358 e. The fraction of sp³-hybridized carbons (Fsp3) is 0.300. The van der Waals surface area contributed by atoms with Crippen LogP contribution in [0.5, 0.6) is 5.75 Å². The van der Waals surface area contributed by atoms with Gasteiger partial charge >= 0.3 is 10.5 Å². The van der Waals surface area contributed by atoms with Gasteiger partial charge in [0.05, 0.1) is 6.54 Å². The van der Waals surface area contributed by atoms with Crippen molar-refractivity contribution in [2.75, 3.05) is 0 Å². The molecule has 0 aromatic heterocycles. The molecule has 0 N–H and O–H groups in total. The SMILES string of the molecule is Cc1c(CN=[N+]=[N-])cc(OS(=O)(=O)F)c(C)c1C=O. The topological polar surface area (TPSA) is 109 Å². The van der Waals surface area contributed by atoms with E-state index in [2.05, 4.69) is 14.2 Å². The highest BCUT2D eigenvalue weighted by Gasteiger charge is 2.17. The lowest BCUT2D eigenvalue weighted by atomic mass is 9.97. The molecule has 0 aliphatic heterocycles. The van der Waals surface area contributed by atoms with Crippen molar-refractivity contribution in [2.24, 2.45) is 5.11 Å². The Kier molecular flexibility index (Phi) is 4.47. The summed E-state index contributed by atoms with van der Waals surface area (Å²) in [6.45, 7) is 2.92. The lowest BCUT2D eigenvalue weighted by Gasteiger charge is -2.13. The minimum atomic E-state index is -5.19. The van der Waals surface area contributed by atoms with E-state index < -0.39 is 10.5 Å². The highest BCUT2D eigenvalue weighted by atomic mass is 32.3. The number of hydrogen-bond acceptors (Lipinski definition) is 5. The van der Waals surface area contributed by atoms with Gasteiger partial charge in [-0.2, -0.15) is 8.42 Å². The van der Waals surface area contributed by atoms with Crippen LogP contribution in [-0.4, -0.2) is 14.7 Å². The van der Waals surface area contributed by atoms with E-state index in [-0.39, 0.29) is 23.4 Å². The zero-order valence-electron chi connectivity index (χ0n) is 10.1. The van der Waals surface area contributed by atoms with Crippen molar-refractivity contribution in [1.29, 1.82) is 0 Å². The minimum absolute atomic E-state index is 0.105. The van der Waals surface area contributed by atoms with Crippen LogP contribution in [0, 0.1) is 13.8 Å². The average molecular weight is 287 g/mol. The Hall–Kier alpha value is -2.12. The van der Waals surface area contributed by atoms with E-state index in [0.29, 0.717) is 17.4 Å². The summed E-state index contributed by atoms with van der Waals surface area (Å²) in [5, 5.41) is 3.31. The maximum absolute atomic E-state index is 12.6. The second-order valence-corrected chi connectivity index (χ2v) is 4.63. The largest absolute Gasteiger partial charge is 0.488 e. The zero-order chi connectivity index (χ0) is 14.6. The van der Waals surface area contributed by atoms with Gasteiger partial charge in [0.2, 0.25) is 0 Å². The van der Waals surface area contributed by atoms with Crippen molar-refractivity contribution in [3.63, 3.8) is 0 Å². The number of hydrogen-bond donors (Lipinski definition) is 0. The van der Waals surface area contributed by atoms with Crippen LogP contribution in [0.4, 0.5) is 3.89 Å². The first kappa shape index (κ1) is 14.9. The van der Waals surface area contributed by atoms with Crippen LogP contribution in [0.3, 0.4) is 0 Å². The van der Waals surface area contributed by atoms with E-state index in [1.807, 2.05) is 0 Å². The van der Waals surface area contributed by atoms with E-state index in [0.717, 1.165) is 0 Å². The maximum Gasteiger partial charge on any atom is 0.488 e. The summed E-state index contributed by atoms with van der Waals surface area (Å²) in [5.74, 6) is -0.307. The van der Waals surface area contributed by atoms with Crippen LogP contribution in [0.1, 0.15) is 27.0 Å². The van der Waals surface area contributed by atoms with Crippen molar-refractivity contribution >= 4 is 16.8 Å². The maximum atomic E-state index is 12.6. The molecule has 9 heteroatoms. The molecular formula is C10H10FN3O4S. The first-order valence-corrected chi connectivity index (χ1v) is 6.34. The van der Waals surface area contributed by atoms with E-state index in [1.54, 1.807) is 6.92 Å². The molecule has 0 amide bonds. The highest BCUT2D eigenvalue weighted by molar-refractivity contribution is 7.81. The summed E-state index contributed by atoms with van der Waals surface area (Å²) in [6, 6.07) is 1.23. The standard InChI is InChI=1S/C10H10FN3O4S/c1-6-8(4-13-14-12)3-10(18-19(11,16)17)7(2)9(6)5-15/h3,5H,4H2,1-2H3. The molecule has 1 aromatic carbocycles. The second kappa shape index (κ2) is 5.68. The molecule has 0 heterocycles. The fourth-order valence-electron chi connectivity index (χ4n) is 1.60. The van der Waals surface area contributed by atoms with E-state index in [4.69, 9.17) is 5.53 Å². The molecule has 0 atom stereocenters. The van der Waals surface area contributed by atoms with Crippen molar-refractivity contribution in [3.05, 3.63) is 38.8 Å². The lowest BCUT2D eigenvalue weighted by Crippen LogP contribution is -2.06. The highest BCUT2D eigenvalue weighted by Crippen LogP contribution is 2.29. The predicted molar refractivity (Wildman–Crippen MR) is 64.8 cm³/mol. The Morgan fingerprint density at radius 1 is 1.47 bits per heavy atom. The van der Waals surface area contributed by atoms with Crippen LogP contribution in [0.25, 0.3) is 10.4 Å². The number of aldehydes is 1. The molecule has 0 saturated carbocycles. The number of benzene rings is 1. The minimum Gasteiger partial charge on any atom is -0.358 e. The third-order valence-corrected chi connectivity index (χ3v) is 2.95. The normalized spacial score (nSPS) is 10.7. The molecule has 1 aromatic rings. The number of carbonyl (C=O) groups is 1. The first-order valence-electron chi connectivity index (χ1n) is 5.03. The Bertz CT molecular complexity index is 666. The van der Waals surface area contributed by atoms with Crippen molar-refractivity contribution < 1.29 is 21.3 Å². The zero-order valence-corrected chi connectivity index (χ0v) is 10.9. The molecule has 0 aliphatic carbocycles. The van der Waals surface area contributed by atoms with Gasteiger partial charge in [-0.1, -0.05) is 9.00 Å². The summed E-state index contributed by atoms with van der Waals surface area (Å²) in [6.07, 6.45) is 0.502. The van der Waals surface area contributed by atoms with Crippen molar-refractivity contribution in [2.45, 2.75) is 20.4 Å². The van der Waals surface area contributed by atoms with Crippen LogP contribution >= 0.6 is 0 Å². The second-order valence-electron chi connectivity index (χ2n) is 3.68. The van der Waals surface area contributed by atoms with E-state index >= 15 is 0 Å². The molecule has 102 valence electrons. The molecule has 0 unspecified atom stereocenters. The molecule has 0 saturated heterocycles. The summed E-state index contributed by atoms with van der Waals surface area (Å²) >= 11 is 0. The Labute approximate surface area is 109 Å². The number of rotatable bonds is 5. The van der Waals surface area contributed by atoms with Crippen LogP contribution in [0.2, 0.25) is 0 Å². The van der Waals surface area contributed by atoms with Gasteiger partial charge in [0.1, 0.15) is 5.75 Å². The van der Waals surface area contributed by atoms with E-state index in [1.165, 1.54) is 13.0 Å². The molecule has 0 aliphatic rings. The van der Waals surface area contributed by atoms with Crippen molar-refractivity contribution in [3.8, 4) is 5.75 Å². The Balaban J connectivity index is 3.47. The Morgan fingerprint density at radius 2 is 2.11 bits per heavy atom. The van der Waals surface area contributed by atoms with Gasteiger partial charge in [-0.25, -0.2) is 0 Å². The number of carbonyl (C=O) groups excluding carboxylic acids is 1. The van der Waals surface area contributed by atoms with Gasteiger partial charge in [0, 0.05) is 16.0 Å². The van der Waals surface area contributed by atoms with E-state index in [9.17, 15) is 17.1 Å². The third-order valence-electron chi connectivity index (χ3n) is 2.58. The Morgan fingerprint density at radius 3 is 2.58 bits per heavy atom. The molecule has 0 radical (unpaired) electrons. The van der Waals surface area contributed by atoms with Gasteiger partial charge in [0.25, 0.3) is 0 Å². The molecule has 19 heavy (non-hydrogen) atoms.